The van der Waals surface area contributed by atoms with Crippen molar-refractivity contribution in [1.82, 2.24) is 0 Å². The number of ketones is 1. The molecule has 17 heavy (non-hydrogen) atoms. The van der Waals surface area contributed by atoms with Gasteiger partial charge in [-0.3, -0.25) is 14.4 Å². The van der Waals surface area contributed by atoms with E-state index in [0.29, 0.717) is 0 Å². The van der Waals surface area contributed by atoms with Gasteiger partial charge in [0.15, 0.2) is 0 Å². The van der Waals surface area contributed by atoms with E-state index >= 15 is 0 Å². The number of ether oxygens (including phenoxy) is 1. The molecule has 4 nitrogen and oxygen atoms in total. The lowest BCUT2D eigenvalue weighted by molar-refractivity contribution is -0.140. The zero-order valence-corrected chi connectivity index (χ0v) is 10.9. The Kier molecular flexibility index (Phi) is 4.84. The topological polar surface area (TPSA) is 60.4 Å². The van der Waals surface area contributed by atoms with Crippen molar-refractivity contribution in [3.8, 4) is 0 Å². The molecular formula is C11H11ClO4S. The second-order valence-electron chi connectivity index (χ2n) is 3.49. The summed E-state index contributed by atoms with van der Waals surface area (Å²) in [7, 11) is 1.32. The summed E-state index contributed by atoms with van der Waals surface area (Å²) in [4.78, 5) is 34.2. The number of hydrogen-bond acceptors (Lipinski definition) is 5. The van der Waals surface area contributed by atoms with E-state index in [9.17, 15) is 14.4 Å². The van der Waals surface area contributed by atoms with Crippen molar-refractivity contribution in [3.63, 3.8) is 0 Å². The lowest BCUT2D eigenvalue weighted by Crippen LogP contribution is -2.05. The van der Waals surface area contributed by atoms with Crippen molar-refractivity contribution >= 4 is 39.9 Å². The molecule has 0 fully saturated rings. The third-order valence-electron chi connectivity index (χ3n) is 2.22. The Balaban J connectivity index is 2.77. The lowest BCUT2D eigenvalue weighted by atomic mass is 10.1. The molecule has 1 heterocycles. The number of hydrogen-bond donors (Lipinski definition) is 0. The van der Waals surface area contributed by atoms with E-state index in [4.69, 9.17) is 11.6 Å². The minimum Gasteiger partial charge on any atom is -0.469 e. The minimum absolute atomic E-state index is 0.0561. The molecule has 1 rings (SSSR count). The van der Waals surface area contributed by atoms with Crippen molar-refractivity contribution in [2.24, 2.45) is 0 Å². The summed E-state index contributed by atoms with van der Waals surface area (Å²) in [6.07, 6.45) is 0.236. The molecule has 0 saturated carbocycles. The molecule has 0 spiro atoms. The highest BCUT2D eigenvalue weighted by Gasteiger charge is 2.19. The quantitative estimate of drug-likeness (QED) is 0.358. The number of rotatable bonds is 5. The average molecular weight is 275 g/mol. The molecule has 0 aliphatic heterocycles. The molecule has 1 aromatic heterocycles. The fourth-order valence-corrected chi connectivity index (χ4v) is 2.42. The van der Waals surface area contributed by atoms with Gasteiger partial charge in [0, 0.05) is 10.8 Å². The monoisotopic (exact) mass is 274 g/mol. The number of Topliss-reactive ketones (excluding diaryl/α,β-unsaturated/α-hetero) is 1. The first-order valence-corrected chi connectivity index (χ1v) is 6.05. The first-order chi connectivity index (χ1) is 7.95. The molecule has 0 amide bonds. The fourth-order valence-electron chi connectivity index (χ4n) is 1.27. The van der Waals surface area contributed by atoms with Gasteiger partial charge in [0.2, 0.25) is 0 Å². The van der Waals surface area contributed by atoms with E-state index < -0.39 is 11.0 Å². The van der Waals surface area contributed by atoms with Gasteiger partial charge in [-0.2, -0.15) is 0 Å². The van der Waals surface area contributed by atoms with Crippen molar-refractivity contribution in [2.45, 2.75) is 19.3 Å². The van der Waals surface area contributed by atoms with Gasteiger partial charge in [0.25, 0.3) is 11.0 Å². The second kappa shape index (κ2) is 5.93. The summed E-state index contributed by atoms with van der Waals surface area (Å²) in [5.41, 5.74) is 0. The first-order valence-electron chi connectivity index (χ1n) is 4.86. The van der Waals surface area contributed by atoms with Crippen LogP contribution in [0.2, 0.25) is 0 Å². The maximum Gasteiger partial charge on any atom is 0.306 e. The predicted molar refractivity (Wildman–Crippen MR) is 64.6 cm³/mol. The Labute approximate surface area is 108 Å². The zero-order valence-electron chi connectivity index (χ0n) is 9.36. The third-order valence-corrected chi connectivity index (χ3v) is 3.70. The summed E-state index contributed by atoms with van der Waals surface area (Å²) in [5.74, 6) is -1.08. The smallest absolute Gasteiger partial charge is 0.306 e. The van der Waals surface area contributed by atoms with Crippen LogP contribution >= 0.6 is 22.9 Å². The molecule has 6 heteroatoms. The second-order valence-corrected chi connectivity index (χ2v) is 4.94. The molecule has 1 aromatic rings. The Bertz CT molecular complexity index is 452. The Hall–Kier alpha value is -1.20. The van der Waals surface area contributed by atoms with Gasteiger partial charge in [-0.25, -0.2) is 0 Å². The van der Waals surface area contributed by atoms with Crippen LogP contribution in [0.5, 0.6) is 0 Å². The molecule has 0 aliphatic rings. The van der Waals surface area contributed by atoms with Crippen LogP contribution in [-0.4, -0.2) is 24.1 Å². The number of thiophene rings is 1. The molecule has 0 saturated heterocycles. The highest BCUT2D eigenvalue weighted by atomic mass is 35.5. The van der Waals surface area contributed by atoms with Gasteiger partial charge in [-0.1, -0.05) is 6.92 Å². The van der Waals surface area contributed by atoms with Crippen molar-refractivity contribution in [1.29, 1.82) is 0 Å². The van der Waals surface area contributed by atoms with E-state index in [1.807, 2.05) is 6.92 Å². The normalized spacial score (nSPS) is 11.9. The summed E-state index contributed by atoms with van der Waals surface area (Å²) < 4.78 is 4.56. The Morgan fingerprint density at radius 1 is 1.41 bits per heavy atom. The van der Waals surface area contributed by atoms with E-state index in [-0.39, 0.29) is 23.2 Å². The van der Waals surface area contributed by atoms with Crippen LogP contribution in [0.15, 0.2) is 12.1 Å². The zero-order chi connectivity index (χ0) is 13.0. The fraction of sp³-hybridized carbons (Fsp3) is 0.364. The molecule has 0 radical (unpaired) electrons. The highest BCUT2D eigenvalue weighted by Crippen LogP contribution is 2.27. The molecule has 0 N–H and O–H groups in total. The SMILES string of the molecule is COC(=O)CC(C)c1ccc(C(=O)C(=O)Cl)s1. The van der Waals surface area contributed by atoms with Crippen LogP contribution in [0, 0.1) is 0 Å². The van der Waals surface area contributed by atoms with E-state index in [2.05, 4.69) is 4.74 Å². The Morgan fingerprint density at radius 2 is 2.06 bits per heavy atom. The van der Waals surface area contributed by atoms with E-state index in [0.717, 1.165) is 4.88 Å². The van der Waals surface area contributed by atoms with E-state index in [1.54, 1.807) is 6.07 Å². The van der Waals surface area contributed by atoms with Crippen LogP contribution in [-0.2, 0) is 14.3 Å². The third kappa shape index (κ3) is 3.64. The van der Waals surface area contributed by atoms with Crippen LogP contribution in [0.25, 0.3) is 0 Å². The largest absolute Gasteiger partial charge is 0.469 e. The molecule has 1 atom stereocenters. The summed E-state index contributed by atoms with van der Waals surface area (Å²) in [6, 6.07) is 3.25. The van der Waals surface area contributed by atoms with Gasteiger partial charge >= 0.3 is 5.97 Å². The highest BCUT2D eigenvalue weighted by molar-refractivity contribution is 7.15. The number of methoxy groups -OCH3 is 1. The maximum absolute atomic E-state index is 11.3. The van der Waals surface area contributed by atoms with Gasteiger partial charge in [0.05, 0.1) is 18.4 Å². The standard InChI is InChI=1S/C11H11ClO4S/c1-6(5-9(13)16-2)7-3-4-8(17-7)10(14)11(12)15/h3-4,6H,5H2,1-2H3. The van der Waals surface area contributed by atoms with Crippen molar-refractivity contribution in [2.75, 3.05) is 7.11 Å². The molecule has 0 aliphatic carbocycles. The first kappa shape index (κ1) is 13.9. The molecular weight excluding hydrogens is 264 g/mol. The van der Waals surface area contributed by atoms with Gasteiger partial charge < -0.3 is 4.74 Å². The number of halogens is 1. The van der Waals surface area contributed by atoms with Gasteiger partial charge in [-0.15, -0.1) is 11.3 Å². The summed E-state index contributed by atoms with van der Waals surface area (Å²) >= 11 is 6.27. The number of carbonyl (C=O) groups is 3. The summed E-state index contributed by atoms with van der Waals surface area (Å²) in [6.45, 7) is 1.85. The van der Waals surface area contributed by atoms with Crippen molar-refractivity contribution in [3.05, 3.63) is 21.9 Å². The molecule has 0 bridgehead atoms. The number of esters is 1. The molecule has 1 unspecified atom stereocenters. The van der Waals surface area contributed by atoms with E-state index in [1.165, 1.54) is 24.5 Å². The predicted octanol–water partition coefficient (Wildman–Crippen LogP) is 2.36. The molecule has 0 aromatic carbocycles. The van der Waals surface area contributed by atoms with Crippen LogP contribution < -0.4 is 0 Å². The van der Waals surface area contributed by atoms with Crippen LogP contribution in [0.1, 0.15) is 33.8 Å². The summed E-state index contributed by atoms with van der Waals surface area (Å²) in [5, 5.41) is -1.00. The molecule has 92 valence electrons. The average Bonchev–Trinajstić information content (AvgIpc) is 2.76. The van der Waals surface area contributed by atoms with Crippen LogP contribution in [0.3, 0.4) is 0 Å². The van der Waals surface area contributed by atoms with Gasteiger partial charge in [-0.05, 0) is 23.7 Å². The lowest BCUT2D eigenvalue weighted by Gasteiger charge is -2.06. The Morgan fingerprint density at radius 3 is 2.59 bits per heavy atom. The van der Waals surface area contributed by atoms with Gasteiger partial charge in [0.1, 0.15) is 0 Å². The minimum atomic E-state index is -1.00. The van der Waals surface area contributed by atoms with Crippen molar-refractivity contribution < 1.29 is 19.1 Å². The van der Waals surface area contributed by atoms with Crippen LogP contribution in [0.4, 0.5) is 0 Å². The number of carbonyl (C=O) groups excluding carboxylic acids is 3. The maximum atomic E-state index is 11.3.